The average molecular weight is 561 g/mol. The molecule has 2 atom stereocenters. The molecule has 1 saturated heterocycles. The SMILES string of the molecule is O=C(N[C@H](CN1CCCC1)[C@H](O)c1ccc(OC2CC2)c(Cl)c1)C(=O)c1ccc(-c2ccc(Cl)s2)nc1. The lowest BCUT2D eigenvalue weighted by atomic mass is 10.0. The summed E-state index contributed by atoms with van der Waals surface area (Å²) in [5, 5.41) is 14.4. The van der Waals surface area contributed by atoms with E-state index in [-0.39, 0.29) is 11.7 Å². The van der Waals surface area contributed by atoms with Gasteiger partial charge in [-0.2, -0.15) is 0 Å². The van der Waals surface area contributed by atoms with Crippen LogP contribution in [-0.2, 0) is 4.79 Å². The van der Waals surface area contributed by atoms with E-state index < -0.39 is 23.8 Å². The van der Waals surface area contributed by atoms with Crippen molar-refractivity contribution in [3.8, 4) is 16.3 Å². The number of benzene rings is 1. The second kappa shape index (κ2) is 11.5. The number of aliphatic hydroxyl groups is 1. The van der Waals surface area contributed by atoms with E-state index in [1.807, 2.05) is 6.07 Å². The highest BCUT2D eigenvalue weighted by Crippen LogP contribution is 2.34. The highest BCUT2D eigenvalue weighted by atomic mass is 35.5. The number of carbonyl (C=O) groups excluding carboxylic acids is 2. The molecule has 2 N–H and O–H groups in total. The number of ether oxygens (including phenoxy) is 1. The third kappa shape index (κ3) is 6.51. The van der Waals surface area contributed by atoms with Crippen LogP contribution >= 0.6 is 34.5 Å². The Hall–Kier alpha value is -2.49. The summed E-state index contributed by atoms with van der Waals surface area (Å²) in [6.07, 6.45) is 4.67. The van der Waals surface area contributed by atoms with Crippen molar-refractivity contribution in [2.45, 2.75) is 43.9 Å². The molecule has 10 heteroatoms. The predicted molar refractivity (Wildman–Crippen MR) is 145 cm³/mol. The number of likely N-dealkylation sites (tertiary alicyclic amines) is 1. The lowest BCUT2D eigenvalue weighted by Crippen LogP contribution is -2.48. The van der Waals surface area contributed by atoms with Crippen LogP contribution in [0.5, 0.6) is 5.75 Å². The van der Waals surface area contributed by atoms with Crippen LogP contribution in [-0.4, -0.2) is 58.5 Å². The number of rotatable bonds is 10. The third-order valence-corrected chi connectivity index (χ3v) is 8.07. The molecule has 3 aromatic rings. The first-order valence-corrected chi connectivity index (χ1v) is 13.9. The lowest BCUT2D eigenvalue weighted by molar-refractivity contribution is -0.118. The Morgan fingerprint density at radius 3 is 2.54 bits per heavy atom. The van der Waals surface area contributed by atoms with Gasteiger partial charge in [0.1, 0.15) is 11.9 Å². The molecule has 3 heterocycles. The zero-order valence-corrected chi connectivity index (χ0v) is 22.4. The summed E-state index contributed by atoms with van der Waals surface area (Å²) in [7, 11) is 0. The van der Waals surface area contributed by atoms with Gasteiger partial charge in [0.15, 0.2) is 0 Å². The van der Waals surface area contributed by atoms with Crippen molar-refractivity contribution in [3.05, 3.63) is 69.1 Å². The number of nitrogens with zero attached hydrogens (tertiary/aromatic N) is 2. The van der Waals surface area contributed by atoms with Crippen LogP contribution in [0, 0.1) is 0 Å². The van der Waals surface area contributed by atoms with Gasteiger partial charge in [-0.1, -0.05) is 29.3 Å². The van der Waals surface area contributed by atoms with Gasteiger partial charge in [0.05, 0.1) is 32.1 Å². The van der Waals surface area contributed by atoms with E-state index in [1.54, 1.807) is 36.4 Å². The van der Waals surface area contributed by atoms with Gasteiger partial charge in [0, 0.05) is 18.3 Å². The number of carbonyl (C=O) groups is 2. The fourth-order valence-electron chi connectivity index (χ4n) is 4.35. The van der Waals surface area contributed by atoms with Crippen molar-refractivity contribution in [2.24, 2.45) is 0 Å². The quantitative estimate of drug-likeness (QED) is 0.263. The molecule has 2 fully saturated rings. The summed E-state index contributed by atoms with van der Waals surface area (Å²) in [5.41, 5.74) is 1.39. The monoisotopic (exact) mass is 559 g/mol. The van der Waals surface area contributed by atoms with E-state index in [0.717, 1.165) is 43.6 Å². The molecule has 37 heavy (non-hydrogen) atoms. The van der Waals surface area contributed by atoms with E-state index >= 15 is 0 Å². The van der Waals surface area contributed by atoms with Crippen molar-refractivity contribution >= 4 is 46.2 Å². The molecular weight excluding hydrogens is 533 g/mol. The smallest absolute Gasteiger partial charge is 0.292 e. The number of hydrogen-bond donors (Lipinski definition) is 2. The van der Waals surface area contributed by atoms with Crippen molar-refractivity contribution < 1.29 is 19.4 Å². The van der Waals surface area contributed by atoms with E-state index in [2.05, 4.69) is 15.2 Å². The maximum absolute atomic E-state index is 13.0. The molecule has 194 valence electrons. The highest BCUT2D eigenvalue weighted by molar-refractivity contribution is 7.19. The van der Waals surface area contributed by atoms with Gasteiger partial charge in [-0.3, -0.25) is 14.6 Å². The normalized spacial score (nSPS) is 17.4. The predicted octanol–water partition coefficient (Wildman–Crippen LogP) is 5.16. The summed E-state index contributed by atoms with van der Waals surface area (Å²) in [6.45, 7) is 2.16. The van der Waals surface area contributed by atoms with Crippen molar-refractivity contribution in [2.75, 3.05) is 19.6 Å². The zero-order chi connectivity index (χ0) is 25.9. The van der Waals surface area contributed by atoms with Gasteiger partial charge >= 0.3 is 0 Å². The molecule has 1 amide bonds. The van der Waals surface area contributed by atoms with E-state index in [0.29, 0.717) is 32.9 Å². The molecule has 2 aromatic heterocycles. The number of aliphatic hydroxyl groups excluding tert-OH is 1. The number of nitrogens with one attached hydrogen (secondary N) is 1. The maximum Gasteiger partial charge on any atom is 0.292 e. The van der Waals surface area contributed by atoms with E-state index in [9.17, 15) is 14.7 Å². The average Bonchev–Trinajstić information content (AvgIpc) is 3.36. The Kier molecular flexibility index (Phi) is 8.12. The molecule has 1 aliphatic heterocycles. The Balaban J connectivity index is 1.30. The number of ketones is 1. The van der Waals surface area contributed by atoms with Crippen LogP contribution in [0.1, 0.15) is 47.7 Å². The Bertz CT molecular complexity index is 1270. The Morgan fingerprint density at radius 1 is 1.14 bits per heavy atom. The number of aromatic nitrogens is 1. The van der Waals surface area contributed by atoms with Gasteiger partial charge < -0.3 is 20.1 Å². The fourth-order valence-corrected chi connectivity index (χ4v) is 5.61. The van der Waals surface area contributed by atoms with Gasteiger partial charge in [-0.25, -0.2) is 0 Å². The molecule has 0 spiro atoms. The topological polar surface area (TPSA) is 91.8 Å². The van der Waals surface area contributed by atoms with Crippen molar-refractivity contribution in [1.29, 1.82) is 0 Å². The summed E-state index contributed by atoms with van der Waals surface area (Å²) >= 11 is 13.8. The van der Waals surface area contributed by atoms with Gasteiger partial charge in [0.2, 0.25) is 0 Å². The van der Waals surface area contributed by atoms with E-state index in [1.165, 1.54) is 17.5 Å². The number of halogens is 2. The number of Topliss-reactive ketones (excluding diaryl/α,β-unsaturated/α-hetero) is 1. The minimum atomic E-state index is -1.06. The summed E-state index contributed by atoms with van der Waals surface area (Å²) in [6, 6.07) is 11.3. The lowest BCUT2D eigenvalue weighted by Gasteiger charge is -2.28. The number of amides is 1. The minimum Gasteiger partial charge on any atom is -0.489 e. The highest BCUT2D eigenvalue weighted by Gasteiger charge is 2.30. The molecule has 2 aliphatic rings. The first-order chi connectivity index (χ1) is 17.9. The third-order valence-electron chi connectivity index (χ3n) is 6.52. The molecule has 1 saturated carbocycles. The first kappa shape index (κ1) is 26.1. The molecule has 0 radical (unpaired) electrons. The van der Waals surface area contributed by atoms with Crippen LogP contribution in [0.3, 0.4) is 0 Å². The largest absolute Gasteiger partial charge is 0.489 e. The van der Waals surface area contributed by atoms with Crippen LogP contribution < -0.4 is 10.1 Å². The van der Waals surface area contributed by atoms with Gasteiger partial charge in [-0.15, -0.1) is 11.3 Å². The molecular formula is C27H27Cl2N3O4S. The molecule has 1 aliphatic carbocycles. The van der Waals surface area contributed by atoms with Crippen LogP contribution in [0.25, 0.3) is 10.6 Å². The second-order valence-corrected chi connectivity index (χ2v) is 11.5. The molecule has 7 nitrogen and oxygen atoms in total. The Labute approximate surface area is 229 Å². The first-order valence-electron chi connectivity index (χ1n) is 12.3. The van der Waals surface area contributed by atoms with Crippen molar-refractivity contribution in [1.82, 2.24) is 15.2 Å². The summed E-state index contributed by atoms with van der Waals surface area (Å²) in [4.78, 5) is 33.3. The molecule has 0 unspecified atom stereocenters. The number of hydrogen-bond acceptors (Lipinski definition) is 7. The minimum absolute atomic E-state index is 0.169. The molecule has 5 rings (SSSR count). The fraction of sp³-hybridized carbons (Fsp3) is 0.370. The number of pyridine rings is 1. The zero-order valence-electron chi connectivity index (χ0n) is 20.0. The van der Waals surface area contributed by atoms with Crippen LogP contribution in [0.15, 0.2) is 48.7 Å². The Morgan fingerprint density at radius 2 is 1.92 bits per heavy atom. The second-order valence-electron chi connectivity index (χ2n) is 9.40. The molecule has 0 bridgehead atoms. The summed E-state index contributed by atoms with van der Waals surface area (Å²) < 4.78 is 6.44. The number of thiophene rings is 1. The van der Waals surface area contributed by atoms with Crippen LogP contribution in [0.2, 0.25) is 9.36 Å². The van der Waals surface area contributed by atoms with Gasteiger partial charge in [-0.05, 0) is 80.7 Å². The van der Waals surface area contributed by atoms with E-state index in [4.69, 9.17) is 27.9 Å². The molecule has 1 aromatic carbocycles. The van der Waals surface area contributed by atoms with Crippen LogP contribution in [0.4, 0.5) is 0 Å². The van der Waals surface area contributed by atoms with Gasteiger partial charge in [0.25, 0.3) is 11.7 Å². The maximum atomic E-state index is 13.0. The standard InChI is InChI=1S/C27H27Cl2N3O4S/c28-19-13-16(4-8-22(19)36-18-5-6-18)25(33)21(15-32-11-1-2-12-32)31-27(35)26(34)17-3-7-20(30-14-17)23-9-10-24(29)37-23/h3-4,7-10,13-14,18,21,25,33H,1-2,5-6,11-12,15H2,(H,31,35)/t21-,25-/m1/s1. The van der Waals surface area contributed by atoms with Crippen molar-refractivity contribution in [3.63, 3.8) is 0 Å². The summed E-state index contributed by atoms with van der Waals surface area (Å²) in [5.74, 6) is -0.930.